The molecule has 5 nitrogen and oxygen atoms in total. The maximum atomic E-state index is 12.5. The predicted molar refractivity (Wildman–Crippen MR) is 105 cm³/mol. The first kappa shape index (κ1) is 22.8. The number of halogens is 4. The second-order valence-corrected chi connectivity index (χ2v) is 6.19. The molecule has 148 valence electrons. The van der Waals surface area contributed by atoms with Crippen LogP contribution in [0.5, 0.6) is 5.75 Å². The minimum Gasteiger partial charge on any atom is -0.491 e. The largest absolute Gasteiger partial charge is 0.491 e. The van der Waals surface area contributed by atoms with E-state index in [0.717, 1.165) is 25.0 Å². The van der Waals surface area contributed by atoms with Crippen LogP contribution in [-0.2, 0) is 6.18 Å². The molecule has 1 aliphatic rings. The van der Waals surface area contributed by atoms with Gasteiger partial charge in [0.15, 0.2) is 5.96 Å². The lowest BCUT2D eigenvalue weighted by Gasteiger charge is -2.23. The quantitative estimate of drug-likeness (QED) is 0.327. The van der Waals surface area contributed by atoms with Gasteiger partial charge in [-0.15, -0.1) is 24.0 Å². The Balaban J connectivity index is 0.00000338. The van der Waals surface area contributed by atoms with Crippen LogP contribution < -0.4 is 15.8 Å². The Morgan fingerprint density at radius 2 is 1.85 bits per heavy atom. The maximum absolute atomic E-state index is 12.5. The number of nitrogens with zero attached hydrogens (tertiary/aromatic N) is 1. The molecule has 9 heteroatoms. The van der Waals surface area contributed by atoms with Crippen LogP contribution in [0.3, 0.4) is 0 Å². The van der Waals surface area contributed by atoms with Crippen molar-refractivity contribution < 1.29 is 23.0 Å². The fourth-order valence-corrected chi connectivity index (χ4v) is 2.69. The number of alkyl halides is 3. The van der Waals surface area contributed by atoms with Crippen LogP contribution in [0.4, 0.5) is 13.2 Å². The first-order chi connectivity index (χ1) is 11.8. The van der Waals surface area contributed by atoms with Crippen LogP contribution in [0, 0.1) is 0 Å². The Hall–Kier alpha value is -1.23. The van der Waals surface area contributed by atoms with E-state index in [1.54, 1.807) is 0 Å². The molecule has 0 aromatic heterocycles. The monoisotopic (exact) mass is 487 g/mol. The lowest BCUT2D eigenvalue weighted by molar-refractivity contribution is -0.137. The maximum Gasteiger partial charge on any atom is 0.416 e. The van der Waals surface area contributed by atoms with Crippen LogP contribution >= 0.6 is 24.0 Å². The third kappa shape index (κ3) is 7.98. The van der Waals surface area contributed by atoms with Crippen molar-refractivity contribution in [3.63, 3.8) is 0 Å². The summed E-state index contributed by atoms with van der Waals surface area (Å²) in [6, 6.07) is 4.64. The Labute approximate surface area is 168 Å². The molecule has 0 saturated heterocycles. The molecule has 4 N–H and O–H groups in total. The normalized spacial score (nSPS) is 17.3. The summed E-state index contributed by atoms with van der Waals surface area (Å²) in [5.41, 5.74) is 5.05. The standard InChI is InChI=1S/C17H24F3N3O2.HI/c18-17(19,20)12-6-8-15(9-7-12)25-11-14(24)10-22-16(21)23-13-4-2-1-3-5-13;/h6-9,13-14,24H,1-5,10-11H2,(H3,21,22,23);1H. The summed E-state index contributed by atoms with van der Waals surface area (Å²) in [6.07, 6.45) is 0.452. The average molecular weight is 487 g/mol. The molecule has 0 heterocycles. The fourth-order valence-electron chi connectivity index (χ4n) is 2.69. The molecule has 2 rings (SSSR count). The number of benzene rings is 1. The number of aliphatic imine (C=N–C) groups is 1. The Bertz CT molecular complexity index is 561. The lowest BCUT2D eigenvalue weighted by atomic mass is 9.96. The summed E-state index contributed by atoms with van der Waals surface area (Å²) in [7, 11) is 0. The number of hydrogen-bond donors (Lipinski definition) is 3. The zero-order valence-corrected chi connectivity index (χ0v) is 16.7. The van der Waals surface area contributed by atoms with Gasteiger partial charge in [-0.25, -0.2) is 0 Å². The van der Waals surface area contributed by atoms with Crippen molar-refractivity contribution in [3.05, 3.63) is 29.8 Å². The number of nitrogens with one attached hydrogen (secondary N) is 1. The summed E-state index contributed by atoms with van der Waals surface area (Å²) in [5.74, 6) is 0.546. The minimum atomic E-state index is -4.38. The van der Waals surface area contributed by atoms with Gasteiger partial charge >= 0.3 is 6.18 Å². The Kier molecular flexibility index (Phi) is 9.48. The van der Waals surface area contributed by atoms with Crippen LogP contribution in [0.25, 0.3) is 0 Å². The molecule has 1 aliphatic carbocycles. The van der Waals surface area contributed by atoms with E-state index in [1.807, 2.05) is 0 Å². The highest BCUT2D eigenvalue weighted by Gasteiger charge is 2.30. The molecule has 26 heavy (non-hydrogen) atoms. The Morgan fingerprint density at radius 1 is 1.23 bits per heavy atom. The first-order valence-corrected chi connectivity index (χ1v) is 8.39. The molecule has 0 radical (unpaired) electrons. The highest BCUT2D eigenvalue weighted by Crippen LogP contribution is 2.30. The van der Waals surface area contributed by atoms with Crippen molar-refractivity contribution in [1.29, 1.82) is 0 Å². The highest BCUT2D eigenvalue weighted by molar-refractivity contribution is 14.0. The summed E-state index contributed by atoms with van der Waals surface area (Å²) < 4.78 is 42.7. The second kappa shape index (κ2) is 10.8. The molecule has 1 saturated carbocycles. The van der Waals surface area contributed by atoms with Crippen molar-refractivity contribution in [2.45, 2.75) is 50.4 Å². The number of ether oxygens (including phenoxy) is 1. The fraction of sp³-hybridized carbons (Fsp3) is 0.588. The van der Waals surface area contributed by atoms with E-state index >= 15 is 0 Å². The topological polar surface area (TPSA) is 79.9 Å². The van der Waals surface area contributed by atoms with Gasteiger partial charge in [0.05, 0.1) is 12.1 Å². The molecule has 1 aromatic carbocycles. The van der Waals surface area contributed by atoms with E-state index in [0.29, 0.717) is 12.0 Å². The second-order valence-electron chi connectivity index (χ2n) is 6.19. The smallest absolute Gasteiger partial charge is 0.416 e. The van der Waals surface area contributed by atoms with E-state index in [4.69, 9.17) is 10.5 Å². The number of nitrogens with two attached hydrogens (primary N) is 1. The molecule has 0 amide bonds. The SMILES string of the molecule is I.NC(=NCC(O)COc1ccc(C(F)(F)F)cc1)NC1CCCCC1. The van der Waals surface area contributed by atoms with Gasteiger partial charge < -0.3 is 20.9 Å². The minimum absolute atomic E-state index is 0. The highest BCUT2D eigenvalue weighted by atomic mass is 127. The number of aliphatic hydroxyl groups excluding tert-OH is 1. The summed E-state index contributed by atoms with van der Waals surface area (Å²) in [6.45, 7) is -0.0161. The third-order valence-electron chi connectivity index (χ3n) is 4.05. The van der Waals surface area contributed by atoms with Crippen molar-refractivity contribution in [2.24, 2.45) is 10.7 Å². The van der Waals surface area contributed by atoms with Crippen LogP contribution in [0.2, 0.25) is 0 Å². The summed E-state index contributed by atoms with van der Waals surface area (Å²) in [5, 5.41) is 13.0. The molecule has 1 fully saturated rings. The van der Waals surface area contributed by atoms with E-state index in [2.05, 4.69) is 10.3 Å². The van der Waals surface area contributed by atoms with Crippen LogP contribution in [-0.4, -0.2) is 36.4 Å². The van der Waals surface area contributed by atoms with E-state index < -0.39 is 17.8 Å². The van der Waals surface area contributed by atoms with Crippen molar-refractivity contribution >= 4 is 29.9 Å². The van der Waals surface area contributed by atoms with Gasteiger partial charge in [0.1, 0.15) is 18.5 Å². The average Bonchev–Trinajstić information content (AvgIpc) is 2.58. The summed E-state index contributed by atoms with van der Waals surface area (Å²) in [4.78, 5) is 4.08. The van der Waals surface area contributed by atoms with E-state index in [1.165, 1.54) is 31.4 Å². The van der Waals surface area contributed by atoms with Crippen molar-refractivity contribution in [1.82, 2.24) is 5.32 Å². The molecule has 0 aliphatic heterocycles. The van der Waals surface area contributed by atoms with Crippen molar-refractivity contribution in [2.75, 3.05) is 13.2 Å². The number of aliphatic hydroxyl groups is 1. The molecule has 1 aromatic rings. The number of rotatable bonds is 6. The van der Waals surface area contributed by atoms with E-state index in [9.17, 15) is 18.3 Å². The molecule has 1 unspecified atom stereocenters. The van der Waals surface area contributed by atoms with Gasteiger partial charge in [0.2, 0.25) is 0 Å². The van der Waals surface area contributed by atoms with Crippen molar-refractivity contribution in [3.8, 4) is 5.75 Å². The van der Waals surface area contributed by atoms with Crippen LogP contribution in [0.15, 0.2) is 29.3 Å². The predicted octanol–water partition coefficient (Wildman–Crippen LogP) is 3.30. The van der Waals surface area contributed by atoms with E-state index in [-0.39, 0.29) is 42.9 Å². The third-order valence-corrected chi connectivity index (χ3v) is 4.05. The van der Waals surface area contributed by atoms with Gasteiger partial charge in [-0.05, 0) is 37.1 Å². The number of hydrogen-bond acceptors (Lipinski definition) is 3. The zero-order valence-electron chi connectivity index (χ0n) is 14.3. The molecule has 0 spiro atoms. The van der Waals surface area contributed by atoms with Gasteiger partial charge in [-0.2, -0.15) is 13.2 Å². The molecular weight excluding hydrogens is 462 g/mol. The van der Waals surface area contributed by atoms with Gasteiger partial charge in [-0.3, -0.25) is 4.99 Å². The first-order valence-electron chi connectivity index (χ1n) is 8.39. The molecular formula is C17H25F3IN3O2. The molecule has 0 bridgehead atoms. The summed E-state index contributed by atoms with van der Waals surface area (Å²) >= 11 is 0. The van der Waals surface area contributed by atoms with Gasteiger partial charge in [0, 0.05) is 6.04 Å². The Morgan fingerprint density at radius 3 is 2.42 bits per heavy atom. The van der Waals surface area contributed by atoms with Gasteiger partial charge in [0.25, 0.3) is 0 Å². The number of guanidine groups is 1. The lowest BCUT2D eigenvalue weighted by Crippen LogP contribution is -2.41. The van der Waals surface area contributed by atoms with Gasteiger partial charge in [-0.1, -0.05) is 19.3 Å². The molecule has 1 atom stereocenters. The van der Waals surface area contributed by atoms with Crippen LogP contribution in [0.1, 0.15) is 37.7 Å². The zero-order chi connectivity index (χ0) is 18.3.